The van der Waals surface area contributed by atoms with Gasteiger partial charge in [0.25, 0.3) is 11.8 Å². The van der Waals surface area contributed by atoms with E-state index in [2.05, 4.69) is 5.32 Å². The van der Waals surface area contributed by atoms with Gasteiger partial charge in [-0.05, 0) is 66.6 Å². The maximum Gasteiger partial charge on any atom is 0.416 e. The molecule has 0 spiro atoms. The third kappa shape index (κ3) is 5.18. The number of nitrogens with one attached hydrogen (secondary N) is 1. The predicted octanol–water partition coefficient (Wildman–Crippen LogP) is 5.39. The van der Waals surface area contributed by atoms with Crippen LogP contribution in [0.5, 0.6) is 17.2 Å². The van der Waals surface area contributed by atoms with E-state index in [1.165, 1.54) is 0 Å². The molecular formula is C27H23F3N2O5. The van der Waals surface area contributed by atoms with Gasteiger partial charge in [-0.15, -0.1) is 0 Å². The normalized spacial score (nSPS) is 16.6. The second kappa shape index (κ2) is 9.68. The molecule has 0 fully saturated rings. The van der Waals surface area contributed by atoms with E-state index < -0.39 is 23.8 Å². The summed E-state index contributed by atoms with van der Waals surface area (Å²) in [5.74, 6) is 1.09. The highest BCUT2D eigenvalue weighted by Crippen LogP contribution is 2.35. The van der Waals surface area contributed by atoms with Crippen molar-refractivity contribution < 1.29 is 37.0 Å². The van der Waals surface area contributed by atoms with Crippen molar-refractivity contribution in [3.63, 3.8) is 0 Å². The molecule has 3 aromatic rings. The number of carbonyl (C=O) groups excluding carboxylic acids is 2. The summed E-state index contributed by atoms with van der Waals surface area (Å²) in [4.78, 5) is 27.6. The zero-order valence-corrected chi connectivity index (χ0v) is 19.8. The Hall–Kier alpha value is -4.21. The molecule has 1 N–H and O–H groups in total. The molecule has 37 heavy (non-hydrogen) atoms. The number of amides is 2. The first-order chi connectivity index (χ1) is 17.7. The monoisotopic (exact) mass is 512 g/mol. The van der Waals surface area contributed by atoms with E-state index in [0.29, 0.717) is 41.5 Å². The third-order valence-corrected chi connectivity index (χ3v) is 6.19. The SMILES string of the molecule is CCC1Oc2ccc(NC(=O)c3ccc(C(F)(F)F)cc3)cc2CN(Cc2ccc3c(c2)OCO3)C1=O. The van der Waals surface area contributed by atoms with Gasteiger partial charge in [-0.2, -0.15) is 13.2 Å². The topological polar surface area (TPSA) is 77.1 Å². The highest BCUT2D eigenvalue weighted by molar-refractivity contribution is 6.04. The summed E-state index contributed by atoms with van der Waals surface area (Å²) >= 11 is 0. The number of hydrogen-bond acceptors (Lipinski definition) is 5. The van der Waals surface area contributed by atoms with Crippen LogP contribution in [-0.2, 0) is 24.1 Å². The van der Waals surface area contributed by atoms with Gasteiger partial charge in [0.15, 0.2) is 17.6 Å². The fourth-order valence-corrected chi connectivity index (χ4v) is 4.25. The first-order valence-corrected chi connectivity index (χ1v) is 11.7. The number of fused-ring (bicyclic) bond motifs is 2. The molecule has 0 aromatic heterocycles. The lowest BCUT2D eigenvalue weighted by Crippen LogP contribution is -2.38. The molecule has 2 amide bonds. The molecule has 5 rings (SSSR count). The number of rotatable bonds is 5. The fourth-order valence-electron chi connectivity index (χ4n) is 4.25. The largest absolute Gasteiger partial charge is 0.480 e. The lowest BCUT2D eigenvalue weighted by atomic mass is 10.1. The predicted molar refractivity (Wildman–Crippen MR) is 127 cm³/mol. The highest BCUT2D eigenvalue weighted by atomic mass is 19.4. The summed E-state index contributed by atoms with van der Waals surface area (Å²) in [5.41, 5.74) is 1.24. The van der Waals surface area contributed by atoms with Crippen molar-refractivity contribution in [1.29, 1.82) is 0 Å². The number of carbonyl (C=O) groups is 2. The molecule has 3 aromatic carbocycles. The van der Waals surface area contributed by atoms with Gasteiger partial charge >= 0.3 is 6.18 Å². The van der Waals surface area contributed by atoms with Gasteiger partial charge in [-0.1, -0.05) is 13.0 Å². The minimum Gasteiger partial charge on any atom is -0.480 e. The van der Waals surface area contributed by atoms with Crippen molar-refractivity contribution >= 4 is 17.5 Å². The number of halogens is 3. The van der Waals surface area contributed by atoms with Crippen LogP contribution >= 0.6 is 0 Å². The molecule has 0 aliphatic carbocycles. The van der Waals surface area contributed by atoms with Crippen molar-refractivity contribution in [3.05, 3.63) is 82.9 Å². The first kappa shape index (κ1) is 24.5. The third-order valence-electron chi connectivity index (χ3n) is 6.19. The smallest absolute Gasteiger partial charge is 0.416 e. The van der Waals surface area contributed by atoms with E-state index in [1.54, 1.807) is 29.2 Å². The van der Waals surface area contributed by atoms with Gasteiger partial charge in [0.1, 0.15) is 5.75 Å². The Morgan fingerprint density at radius 3 is 2.46 bits per heavy atom. The van der Waals surface area contributed by atoms with Crippen LogP contribution in [0.2, 0.25) is 0 Å². The summed E-state index contributed by atoms with van der Waals surface area (Å²) in [6.45, 7) is 2.58. The Bertz CT molecular complexity index is 1340. The van der Waals surface area contributed by atoms with E-state index in [4.69, 9.17) is 14.2 Å². The quantitative estimate of drug-likeness (QED) is 0.496. The van der Waals surface area contributed by atoms with Crippen LogP contribution in [0.25, 0.3) is 0 Å². The standard InChI is InChI=1S/C27H23F3N2O5/c1-2-21-26(34)32(13-16-3-9-23-24(11-16)36-15-35-23)14-18-12-20(8-10-22(18)37-21)31-25(33)17-4-6-19(7-5-17)27(28,29)30/h3-12,21H,2,13-15H2,1H3,(H,31,33). The highest BCUT2D eigenvalue weighted by Gasteiger charge is 2.31. The number of benzene rings is 3. The number of anilines is 1. The van der Waals surface area contributed by atoms with Crippen molar-refractivity contribution in [1.82, 2.24) is 4.90 Å². The maximum atomic E-state index is 13.2. The van der Waals surface area contributed by atoms with Crippen LogP contribution in [0.15, 0.2) is 60.7 Å². The molecule has 1 unspecified atom stereocenters. The molecule has 0 saturated heterocycles. The fraction of sp³-hybridized carbons (Fsp3) is 0.259. The first-order valence-electron chi connectivity index (χ1n) is 11.7. The van der Waals surface area contributed by atoms with Gasteiger partial charge in [-0.3, -0.25) is 9.59 Å². The minimum atomic E-state index is -4.48. The van der Waals surface area contributed by atoms with Crippen LogP contribution in [0.3, 0.4) is 0 Å². The molecule has 0 saturated carbocycles. The lowest BCUT2D eigenvalue weighted by Gasteiger charge is -2.23. The Morgan fingerprint density at radius 2 is 1.73 bits per heavy atom. The molecule has 1 atom stereocenters. The van der Waals surface area contributed by atoms with Crippen LogP contribution in [-0.4, -0.2) is 29.6 Å². The van der Waals surface area contributed by atoms with E-state index in [-0.39, 0.29) is 24.8 Å². The molecule has 0 bridgehead atoms. The summed E-state index contributed by atoms with van der Waals surface area (Å²) in [5, 5.41) is 2.71. The van der Waals surface area contributed by atoms with Gasteiger partial charge in [0, 0.05) is 29.9 Å². The van der Waals surface area contributed by atoms with Gasteiger partial charge in [0.05, 0.1) is 5.56 Å². The molecule has 2 aliphatic rings. The summed E-state index contributed by atoms with van der Waals surface area (Å²) < 4.78 is 55.2. The zero-order valence-electron chi connectivity index (χ0n) is 19.8. The van der Waals surface area contributed by atoms with E-state index >= 15 is 0 Å². The van der Waals surface area contributed by atoms with Crippen molar-refractivity contribution in [3.8, 4) is 17.2 Å². The molecule has 192 valence electrons. The Labute approximate surface area is 210 Å². The van der Waals surface area contributed by atoms with E-state index in [1.807, 2.05) is 19.1 Å². The number of hydrogen-bond donors (Lipinski definition) is 1. The maximum absolute atomic E-state index is 13.2. The van der Waals surface area contributed by atoms with Crippen LogP contribution in [0.1, 0.15) is 40.4 Å². The Morgan fingerprint density at radius 1 is 1.00 bits per heavy atom. The second-order valence-electron chi connectivity index (χ2n) is 8.75. The average Bonchev–Trinajstić information content (AvgIpc) is 3.30. The molecule has 7 nitrogen and oxygen atoms in total. The summed E-state index contributed by atoms with van der Waals surface area (Å²) in [6.07, 6.45) is -4.67. The molecule has 2 aliphatic heterocycles. The van der Waals surface area contributed by atoms with E-state index in [9.17, 15) is 22.8 Å². The molecule has 10 heteroatoms. The number of nitrogens with zero attached hydrogens (tertiary/aromatic N) is 1. The van der Waals surface area contributed by atoms with Crippen molar-refractivity contribution in [2.45, 2.75) is 38.7 Å². The van der Waals surface area contributed by atoms with Crippen molar-refractivity contribution in [2.75, 3.05) is 12.1 Å². The molecule has 2 heterocycles. The van der Waals surface area contributed by atoms with Gasteiger partial charge < -0.3 is 24.4 Å². The molecular weight excluding hydrogens is 489 g/mol. The summed E-state index contributed by atoms with van der Waals surface area (Å²) in [6, 6.07) is 14.5. The zero-order chi connectivity index (χ0) is 26.2. The van der Waals surface area contributed by atoms with Crippen molar-refractivity contribution in [2.24, 2.45) is 0 Å². The van der Waals surface area contributed by atoms with Crippen LogP contribution in [0.4, 0.5) is 18.9 Å². The van der Waals surface area contributed by atoms with Gasteiger partial charge in [-0.25, -0.2) is 0 Å². The molecule has 0 radical (unpaired) electrons. The van der Waals surface area contributed by atoms with Gasteiger partial charge in [0.2, 0.25) is 6.79 Å². The summed E-state index contributed by atoms with van der Waals surface area (Å²) in [7, 11) is 0. The second-order valence-corrected chi connectivity index (χ2v) is 8.75. The van der Waals surface area contributed by atoms with Crippen LogP contribution in [0, 0.1) is 0 Å². The number of ether oxygens (including phenoxy) is 3. The Balaban J connectivity index is 1.36. The van der Waals surface area contributed by atoms with Crippen LogP contribution < -0.4 is 19.5 Å². The Kier molecular flexibility index (Phi) is 6.41. The van der Waals surface area contributed by atoms with E-state index in [0.717, 1.165) is 29.8 Å². The lowest BCUT2D eigenvalue weighted by molar-refractivity contribution is -0.139. The average molecular weight is 512 g/mol. The minimum absolute atomic E-state index is 0.0878. The number of alkyl halides is 3.